The molecule has 116 valence electrons. The normalized spacial score (nSPS) is 18.2. The summed E-state index contributed by atoms with van der Waals surface area (Å²) < 4.78 is 0. The van der Waals surface area contributed by atoms with Crippen molar-refractivity contribution in [3.8, 4) is 0 Å². The van der Waals surface area contributed by atoms with Crippen molar-refractivity contribution < 1.29 is 5.11 Å². The third-order valence-corrected chi connectivity index (χ3v) is 4.80. The van der Waals surface area contributed by atoms with E-state index >= 15 is 0 Å². The van der Waals surface area contributed by atoms with Crippen LogP contribution >= 0.6 is 0 Å². The number of nitrogens with zero attached hydrogens (tertiary/aromatic N) is 2. The molecule has 1 aliphatic rings. The Morgan fingerprint density at radius 3 is 2.36 bits per heavy atom. The average Bonchev–Trinajstić information content (AvgIpc) is 2.59. The number of hydrogen-bond donors (Lipinski definition) is 1. The summed E-state index contributed by atoms with van der Waals surface area (Å²) in [5.74, 6) is 0. The summed E-state index contributed by atoms with van der Waals surface area (Å²) in [6.45, 7) is 3.33. The maximum absolute atomic E-state index is 9.95. The molecular weight excluding hydrogens is 272 g/mol. The Kier molecular flexibility index (Phi) is 4.86. The molecule has 22 heavy (non-hydrogen) atoms. The fourth-order valence-electron chi connectivity index (χ4n) is 3.36. The van der Waals surface area contributed by atoms with E-state index in [9.17, 15) is 5.11 Å². The predicted molar refractivity (Wildman–Crippen MR) is 88.4 cm³/mol. The predicted octanol–water partition coefficient (Wildman–Crippen LogP) is 2.90. The SMILES string of the molecule is OCC1(Cc2ccccc2)CCN(Cc2cccnc2)CC1. The molecule has 0 radical (unpaired) electrons. The van der Waals surface area contributed by atoms with E-state index in [1.54, 1.807) is 0 Å². The van der Waals surface area contributed by atoms with Crippen molar-refractivity contribution in [2.24, 2.45) is 5.41 Å². The highest BCUT2D eigenvalue weighted by Gasteiger charge is 2.34. The van der Waals surface area contributed by atoms with Crippen molar-refractivity contribution in [3.05, 3.63) is 66.0 Å². The molecule has 0 amide bonds. The standard InChI is InChI=1S/C19H24N2O/c22-16-19(13-17-5-2-1-3-6-17)8-11-21(12-9-19)15-18-7-4-10-20-14-18/h1-7,10,14,22H,8-9,11-13,15-16H2. The van der Waals surface area contributed by atoms with E-state index in [0.29, 0.717) is 0 Å². The first-order valence-electron chi connectivity index (χ1n) is 8.06. The van der Waals surface area contributed by atoms with Gasteiger partial charge in [-0.3, -0.25) is 9.88 Å². The third kappa shape index (κ3) is 3.73. The van der Waals surface area contributed by atoms with E-state index in [-0.39, 0.29) is 12.0 Å². The van der Waals surface area contributed by atoms with E-state index in [4.69, 9.17) is 0 Å². The zero-order valence-electron chi connectivity index (χ0n) is 13.0. The van der Waals surface area contributed by atoms with Gasteiger partial charge in [0.05, 0.1) is 0 Å². The summed E-state index contributed by atoms with van der Waals surface area (Å²) >= 11 is 0. The lowest BCUT2D eigenvalue weighted by Gasteiger charge is -2.41. The molecule has 1 saturated heterocycles. The molecule has 3 heteroatoms. The molecule has 2 aromatic rings. The molecule has 2 heterocycles. The maximum atomic E-state index is 9.95. The summed E-state index contributed by atoms with van der Waals surface area (Å²) in [5, 5.41) is 9.95. The van der Waals surface area contributed by atoms with Gasteiger partial charge in [0.25, 0.3) is 0 Å². The molecule has 1 aromatic carbocycles. The van der Waals surface area contributed by atoms with Gasteiger partial charge in [0.15, 0.2) is 0 Å². The monoisotopic (exact) mass is 296 g/mol. The minimum atomic E-state index is 0.0484. The van der Waals surface area contributed by atoms with Gasteiger partial charge >= 0.3 is 0 Å². The Morgan fingerprint density at radius 2 is 1.73 bits per heavy atom. The zero-order chi connectivity index (χ0) is 15.3. The number of aliphatic hydroxyl groups excluding tert-OH is 1. The van der Waals surface area contributed by atoms with Crippen LogP contribution in [-0.2, 0) is 13.0 Å². The smallest absolute Gasteiger partial charge is 0.0491 e. The maximum Gasteiger partial charge on any atom is 0.0491 e. The Balaban J connectivity index is 1.59. The van der Waals surface area contributed by atoms with Crippen LogP contribution in [0.25, 0.3) is 0 Å². The molecule has 0 bridgehead atoms. The number of aliphatic hydroxyl groups is 1. The average molecular weight is 296 g/mol. The first kappa shape index (κ1) is 15.2. The first-order valence-corrected chi connectivity index (χ1v) is 8.06. The Hall–Kier alpha value is -1.71. The Labute approximate surface area is 132 Å². The second-order valence-electron chi connectivity index (χ2n) is 6.46. The Bertz CT molecular complexity index is 563. The van der Waals surface area contributed by atoms with Crippen LogP contribution < -0.4 is 0 Å². The molecule has 0 aliphatic carbocycles. The van der Waals surface area contributed by atoms with Gasteiger partial charge in [0.1, 0.15) is 0 Å². The van der Waals surface area contributed by atoms with Gasteiger partial charge in [-0.05, 0) is 55.0 Å². The van der Waals surface area contributed by atoms with E-state index in [2.05, 4.69) is 40.2 Å². The van der Waals surface area contributed by atoms with Gasteiger partial charge in [-0.2, -0.15) is 0 Å². The van der Waals surface area contributed by atoms with Crippen LogP contribution in [0.3, 0.4) is 0 Å². The molecular formula is C19H24N2O. The second kappa shape index (κ2) is 7.03. The van der Waals surface area contributed by atoms with Crippen molar-refractivity contribution in [3.63, 3.8) is 0 Å². The number of rotatable bonds is 5. The van der Waals surface area contributed by atoms with Gasteiger partial charge in [-0.15, -0.1) is 0 Å². The minimum absolute atomic E-state index is 0.0484. The van der Waals surface area contributed by atoms with Crippen LogP contribution in [0.15, 0.2) is 54.9 Å². The summed E-state index contributed by atoms with van der Waals surface area (Å²) in [6, 6.07) is 14.7. The minimum Gasteiger partial charge on any atom is -0.396 e. The number of piperidine rings is 1. The van der Waals surface area contributed by atoms with Gasteiger partial charge in [0.2, 0.25) is 0 Å². The van der Waals surface area contributed by atoms with E-state index in [0.717, 1.165) is 38.9 Å². The van der Waals surface area contributed by atoms with Crippen LogP contribution in [0, 0.1) is 5.41 Å². The molecule has 1 aromatic heterocycles. The lowest BCUT2D eigenvalue weighted by molar-refractivity contribution is 0.0413. The molecule has 0 saturated carbocycles. The van der Waals surface area contributed by atoms with Crippen LogP contribution in [0.5, 0.6) is 0 Å². The summed E-state index contributed by atoms with van der Waals surface area (Å²) in [4.78, 5) is 6.65. The van der Waals surface area contributed by atoms with Crippen LogP contribution in [0.2, 0.25) is 0 Å². The number of hydrogen-bond acceptors (Lipinski definition) is 3. The van der Waals surface area contributed by atoms with Crippen LogP contribution in [-0.4, -0.2) is 34.7 Å². The number of likely N-dealkylation sites (tertiary alicyclic amines) is 1. The van der Waals surface area contributed by atoms with Gasteiger partial charge in [-0.25, -0.2) is 0 Å². The molecule has 0 atom stereocenters. The molecule has 1 aliphatic heterocycles. The molecule has 1 fully saturated rings. The number of aromatic nitrogens is 1. The fourth-order valence-corrected chi connectivity index (χ4v) is 3.36. The summed E-state index contributed by atoms with van der Waals surface area (Å²) in [5.41, 5.74) is 2.64. The molecule has 3 nitrogen and oxygen atoms in total. The van der Waals surface area contributed by atoms with Crippen LogP contribution in [0.4, 0.5) is 0 Å². The molecule has 1 N–H and O–H groups in total. The van der Waals surface area contributed by atoms with Gasteiger partial charge in [-0.1, -0.05) is 36.4 Å². The zero-order valence-corrected chi connectivity index (χ0v) is 13.0. The lowest BCUT2D eigenvalue weighted by atomic mass is 9.74. The van der Waals surface area contributed by atoms with Gasteiger partial charge < -0.3 is 5.11 Å². The number of pyridine rings is 1. The summed E-state index contributed by atoms with van der Waals surface area (Å²) in [6.07, 6.45) is 6.84. The van der Waals surface area contributed by atoms with Crippen molar-refractivity contribution in [1.29, 1.82) is 0 Å². The largest absolute Gasteiger partial charge is 0.396 e. The van der Waals surface area contributed by atoms with Crippen LogP contribution in [0.1, 0.15) is 24.0 Å². The highest BCUT2D eigenvalue weighted by molar-refractivity contribution is 5.17. The van der Waals surface area contributed by atoms with Crippen molar-refractivity contribution in [1.82, 2.24) is 9.88 Å². The van der Waals surface area contributed by atoms with E-state index < -0.39 is 0 Å². The molecule has 0 unspecified atom stereocenters. The second-order valence-corrected chi connectivity index (χ2v) is 6.46. The molecule has 3 rings (SSSR count). The lowest BCUT2D eigenvalue weighted by Crippen LogP contribution is -2.42. The van der Waals surface area contributed by atoms with Crippen molar-refractivity contribution in [2.75, 3.05) is 19.7 Å². The van der Waals surface area contributed by atoms with Crippen molar-refractivity contribution in [2.45, 2.75) is 25.8 Å². The topological polar surface area (TPSA) is 36.4 Å². The van der Waals surface area contributed by atoms with Gasteiger partial charge in [0, 0.05) is 25.5 Å². The fraction of sp³-hybridized carbons (Fsp3) is 0.421. The van der Waals surface area contributed by atoms with E-state index in [1.165, 1.54) is 11.1 Å². The quantitative estimate of drug-likeness (QED) is 0.921. The number of benzene rings is 1. The Morgan fingerprint density at radius 1 is 1.00 bits per heavy atom. The summed E-state index contributed by atoms with van der Waals surface area (Å²) in [7, 11) is 0. The highest BCUT2D eigenvalue weighted by atomic mass is 16.3. The molecule has 0 spiro atoms. The first-order chi connectivity index (χ1) is 10.8. The highest BCUT2D eigenvalue weighted by Crippen LogP contribution is 2.35. The van der Waals surface area contributed by atoms with E-state index in [1.807, 2.05) is 24.5 Å². The van der Waals surface area contributed by atoms with Crippen molar-refractivity contribution >= 4 is 0 Å². The third-order valence-electron chi connectivity index (χ3n) is 4.80.